The quantitative estimate of drug-likeness (QED) is 0.211. The molecule has 0 saturated carbocycles. The van der Waals surface area contributed by atoms with Crippen LogP contribution in [0.2, 0.25) is 0 Å². The van der Waals surface area contributed by atoms with Gasteiger partial charge in [0.15, 0.2) is 11.5 Å². The van der Waals surface area contributed by atoms with Gasteiger partial charge in [0.25, 0.3) is 5.91 Å². The molecule has 220 valence electrons. The normalized spacial score (nSPS) is 16.6. The van der Waals surface area contributed by atoms with Crippen molar-refractivity contribution in [2.24, 2.45) is 10.7 Å². The van der Waals surface area contributed by atoms with E-state index in [0.717, 1.165) is 16.7 Å². The minimum Gasteiger partial charge on any atom is -0.317 e. The molecule has 0 unspecified atom stereocenters. The van der Waals surface area contributed by atoms with Crippen LogP contribution < -0.4 is 10.6 Å². The van der Waals surface area contributed by atoms with Crippen molar-refractivity contribution in [1.82, 2.24) is 9.55 Å². The van der Waals surface area contributed by atoms with Crippen molar-refractivity contribution >= 4 is 23.1 Å². The molecule has 6 nitrogen and oxygen atoms in total. The Hall–Kier alpha value is -5.66. The lowest BCUT2D eigenvalue weighted by Crippen LogP contribution is -2.50. The third kappa shape index (κ3) is 4.65. The van der Waals surface area contributed by atoms with Crippen LogP contribution in [-0.4, -0.2) is 26.8 Å². The largest absolute Gasteiger partial charge is 0.317 e. The summed E-state index contributed by atoms with van der Waals surface area (Å²) in [6, 6.07) is 44.3. The highest BCUT2D eigenvalue weighted by Crippen LogP contribution is 2.43. The van der Waals surface area contributed by atoms with Crippen LogP contribution in [0, 0.1) is 5.82 Å². The molecule has 0 radical (unpaired) electrons. The lowest BCUT2D eigenvalue weighted by Gasteiger charge is -2.37. The van der Waals surface area contributed by atoms with E-state index in [4.69, 9.17) is 10.7 Å². The Bertz CT molecular complexity index is 1920. The van der Waals surface area contributed by atoms with Gasteiger partial charge in [0.1, 0.15) is 11.4 Å². The fourth-order valence-electron chi connectivity index (χ4n) is 6.23. The van der Waals surface area contributed by atoms with E-state index in [1.54, 1.807) is 24.5 Å². The number of benzodiazepines with no additional fused rings is 1. The number of hydrogen-bond donors (Lipinski definition) is 1. The number of amides is 1. The third-order valence-corrected chi connectivity index (χ3v) is 8.27. The maximum atomic E-state index is 15.2. The van der Waals surface area contributed by atoms with Gasteiger partial charge in [-0.2, -0.15) is 0 Å². The monoisotopic (exact) mass is 591 g/mol. The van der Waals surface area contributed by atoms with Crippen molar-refractivity contribution in [3.63, 3.8) is 0 Å². The maximum Gasteiger partial charge on any atom is 0.275 e. The molecule has 7 heteroatoms. The number of carbonyl (C=O) groups is 1. The van der Waals surface area contributed by atoms with Crippen molar-refractivity contribution in [2.45, 2.75) is 18.1 Å². The van der Waals surface area contributed by atoms with Gasteiger partial charge >= 0.3 is 0 Å². The van der Waals surface area contributed by atoms with Crippen molar-refractivity contribution < 1.29 is 9.18 Å². The van der Waals surface area contributed by atoms with Crippen LogP contribution >= 0.6 is 0 Å². The van der Waals surface area contributed by atoms with Crippen LogP contribution in [0.5, 0.6) is 0 Å². The molecule has 1 aliphatic rings. The molecule has 2 heterocycles. The fraction of sp³-hybridized carbons (Fsp3) is 0.0789. The molecule has 0 bridgehead atoms. The number of rotatable bonds is 6. The first-order chi connectivity index (χ1) is 21.9. The standard InChI is InChI=1S/C38H30FN5O/c1-37(40)36(45)44(33-24-14-12-22-31(33)35(42-37)30-21-11-13-23-32(30)39)34-25-43(26-41-34)38(27-15-5-2-6-16-27,28-17-7-3-8-18-28)29-19-9-4-10-20-29/h2-26H,40H2,1H3/t37-/m0/s1. The molecule has 0 aliphatic carbocycles. The summed E-state index contributed by atoms with van der Waals surface area (Å²) in [4.78, 5) is 25.3. The second-order valence-electron chi connectivity index (χ2n) is 11.2. The highest BCUT2D eigenvalue weighted by Gasteiger charge is 2.42. The SMILES string of the molecule is C[C@]1(N)N=C(c2ccccc2F)c2ccccc2N(c2cn(C(c3ccccc3)(c3ccccc3)c3ccccc3)cn2)C1=O. The maximum absolute atomic E-state index is 15.2. The highest BCUT2D eigenvalue weighted by atomic mass is 19.1. The van der Waals surface area contributed by atoms with Gasteiger partial charge < -0.3 is 4.57 Å². The smallest absolute Gasteiger partial charge is 0.275 e. The summed E-state index contributed by atoms with van der Waals surface area (Å²) in [7, 11) is 0. The fourth-order valence-corrected chi connectivity index (χ4v) is 6.23. The molecule has 7 rings (SSSR count). The summed E-state index contributed by atoms with van der Waals surface area (Å²) in [5.41, 5.74) is 8.79. The zero-order valence-electron chi connectivity index (χ0n) is 24.6. The lowest BCUT2D eigenvalue weighted by atomic mass is 9.77. The molecule has 2 N–H and O–H groups in total. The molecule has 0 fully saturated rings. The number of para-hydroxylation sites is 1. The molecule has 1 aliphatic heterocycles. The zero-order chi connectivity index (χ0) is 31.0. The van der Waals surface area contributed by atoms with E-state index >= 15 is 4.39 Å². The number of imidazole rings is 1. The highest BCUT2D eigenvalue weighted by molar-refractivity contribution is 6.22. The van der Waals surface area contributed by atoms with Gasteiger partial charge in [0.05, 0.1) is 23.9 Å². The molecule has 45 heavy (non-hydrogen) atoms. The van der Waals surface area contributed by atoms with Gasteiger partial charge in [-0.15, -0.1) is 0 Å². The van der Waals surface area contributed by atoms with Gasteiger partial charge in [-0.1, -0.05) is 121 Å². The third-order valence-electron chi connectivity index (χ3n) is 8.27. The molecule has 0 saturated heterocycles. The summed E-state index contributed by atoms with van der Waals surface area (Å²) in [5, 5.41) is 0. The van der Waals surface area contributed by atoms with Gasteiger partial charge in [0, 0.05) is 11.1 Å². The molecule has 6 aromatic rings. The van der Waals surface area contributed by atoms with E-state index in [9.17, 15) is 4.79 Å². The average molecular weight is 592 g/mol. The zero-order valence-corrected chi connectivity index (χ0v) is 24.6. The summed E-state index contributed by atoms with van der Waals surface area (Å²) < 4.78 is 17.2. The minimum absolute atomic E-state index is 0.262. The van der Waals surface area contributed by atoms with Gasteiger partial charge in [0.2, 0.25) is 0 Å². The Balaban J connectivity index is 1.47. The lowest BCUT2D eigenvalue weighted by molar-refractivity contribution is -0.122. The molecule has 1 atom stereocenters. The van der Waals surface area contributed by atoms with Crippen molar-refractivity contribution in [3.05, 3.63) is 186 Å². The van der Waals surface area contributed by atoms with E-state index in [-0.39, 0.29) is 5.56 Å². The van der Waals surface area contributed by atoms with E-state index in [1.807, 2.05) is 89.6 Å². The van der Waals surface area contributed by atoms with Gasteiger partial charge in [-0.05, 0) is 41.8 Å². The Morgan fingerprint density at radius 3 is 1.73 bits per heavy atom. The van der Waals surface area contributed by atoms with E-state index in [0.29, 0.717) is 22.8 Å². The second-order valence-corrected chi connectivity index (χ2v) is 11.2. The number of benzene rings is 5. The van der Waals surface area contributed by atoms with Crippen LogP contribution in [0.3, 0.4) is 0 Å². The van der Waals surface area contributed by atoms with Gasteiger partial charge in [-0.25, -0.2) is 9.37 Å². The topological polar surface area (TPSA) is 76.5 Å². The molecular formula is C38H30FN5O. The van der Waals surface area contributed by atoms with E-state index < -0.39 is 22.9 Å². The first kappa shape index (κ1) is 28.1. The number of halogens is 1. The van der Waals surface area contributed by atoms with Crippen LogP contribution in [0.4, 0.5) is 15.9 Å². The average Bonchev–Trinajstić information content (AvgIpc) is 3.53. The summed E-state index contributed by atoms with van der Waals surface area (Å²) in [6.07, 6.45) is 3.61. The Morgan fingerprint density at radius 1 is 0.689 bits per heavy atom. The first-order valence-electron chi connectivity index (χ1n) is 14.7. The predicted octanol–water partition coefficient (Wildman–Crippen LogP) is 7.05. The second kappa shape index (κ2) is 11.1. The summed E-state index contributed by atoms with van der Waals surface area (Å²) in [5.74, 6) is -0.581. The molecule has 0 spiro atoms. The number of aliphatic imine (C=N–C) groups is 1. The number of anilines is 2. The molecular weight excluding hydrogens is 561 g/mol. The van der Waals surface area contributed by atoms with Crippen molar-refractivity contribution in [2.75, 3.05) is 4.90 Å². The number of nitrogens with zero attached hydrogens (tertiary/aromatic N) is 4. The van der Waals surface area contributed by atoms with Crippen LogP contribution in [-0.2, 0) is 10.3 Å². The van der Waals surface area contributed by atoms with Gasteiger partial charge in [-0.3, -0.25) is 20.4 Å². The van der Waals surface area contributed by atoms with E-state index in [2.05, 4.69) is 41.4 Å². The van der Waals surface area contributed by atoms with Crippen molar-refractivity contribution in [3.8, 4) is 0 Å². The van der Waals surface area contributed by atoms with Crippen molar-refractivity contribution in [1.29, 1.82) is 0 Å². The summed E-state index contributed by atoms with van der Waals surface area (Å²) in [6.45, 7) is 1.54. The number of carbonyl (C=O) groups excluding carboxylic acids is 1. The summed E-state index contributed by atoms with van der Waals surface area (Å²) >= 11 is 0. The molecule has 1 aromatic heterocycles. The first-order valence-corrected chi connectivity index (χ1v) is 14.7. The predicted molar refractivity (Wildman–Crippen MR) is 175 cm³/mol. The number of aromatic nitrogens is 2. The molecule has 1 amide bonds. The van der Waals surface area contributed by atoms with Crippen LogP contribution in [0.25, 0.3) is 0 Å². The number of hydrogen-bond acceptors (Lipinski definition) is 4. The minimum atomic E-state index is -1.71. The Kier molecular flexibility index (Phi) is 6.95. The number of nitrogens with two attached hydrogens (primary N) is 1. The Morgan fingerprint density at radius 2 is 1.18 bits per heavy atom. The van der Waals surface area contributed by atoms with Crippen LogP contribution in [0.1, 0.15) is 34.7 Å². The molecule has 5 aromatic carbocycles. The van der Waals surface area contributed by atoms with Crippen LogP contribution in [0.15, 0.2) is 157 Å². The Labute approximate surface area is 260 Å². The van der Waals surface area contributed by atoms with E-state index in [1.165, 1.54) is 17.9 Å². The number of fused-ring (bicyclic) bond motifs is 1.